The molecule has 0 bridgehead atoms. The van der Waals surface area contributed by atoms with Crippen molar-refractivity contribution in [1.29, 1.82) is 0 Å². The minimum atomic E-state index is -4.31. The van der Waals surface area contributed by atoms with Crippen LogP contribution in [0.1, 0.15) is 43.0 Å². The van der Waals surface area contributed by atoms with Crippen LogP contribution >= 0.6 is 11.6 Å². The fourth-order valence-electron chi connectivity index (χ4n) is 4.41. The molecule has 1 aliphatic heterocycles. The van der Waals surface area contributed by atoms with Gasteiger partial charge in [-0.15, -0.1) is 0 Å². The lowest BCUT2D eigenvalue weighted by Gasteiger charge is -2.39. The van der Waals surface area contributed by atoms with Crippen molar-refractivity contribution in [2.24, 2.45) is 0 Å². The van der Waals surface area contributed by atoms with Gasteiger partial charge in [-0.25, -0.2) is 21.6 Å². The molecule has 190 valence electrons. The van der Waals surface area contributed by atoms with Gasteiger partial charge >= 0.3 is 0 Å². The van der Waals surface area contributed by atoms with Gasteiger partial charge < -0.3 is 5.11 Å². The lowest BCUT2D eigenvalue weighted by Crippen LogP contribution is -2.49. The van der Waals surface area contributed by atoms with E-state index in [1.54, 1.807) is 44.2 Å². The van der Waals surface area contributed by atoms with Gasteiger partial charge in [0.2, 0.25) is 0 Å². The number of alkyl halides is 2. The van der Waals surface area contributed by atoms with Gasteiger partial charge in [0.25, 0.3) is 15.9 Å². The van der Waals surface area contributed by atoms with E-state index in [4.69, 9.17) is 11.6 Å². The number of allylic oxidation sites excluding steroid dienone is 1. The molecular formula is C27H25ClF3NO3S. The SMILES string of the molecule is C/C(=C\c1ccc2c(c1)N(S(=O)(=O)c1cccc(C(C)(F)F)c1)[C@H](C)[C@@H](O)C2)c1c(F)cccc1Cl. The van der Waals surface area contributed by atoms with E-state index < -0.39 is 39.5 Å². The Bertz CT molecular complexity index is 1430. The van der Waals surface area contributed by atoms with Crippen molar-refractivity contribution < 1.29 is 26.7 Å². The van der Waals surface area contributed by atoms with Crippen molar-refractivity contribution in [2.45, 2.75) is 50.2 Å². The molecule has 0 saturated carbocycles. The molecule has 3 aromatic rings. The van der Waals surface area contributed by atoms with Gasteiger partial charge in [-0.3, -0.25) is 4.31 Å². The van der Waals surface area contributed by atoms with Crippen molar-refractivity contribution in [3.63, 3.8) is 0 Å². The molecule has 9 heteroatoms. The molecule has 0 unspecified atom stereocenters. The Labute approximate surface area is 213 Å². The van der Waals surface area contributed by atoms with Crippen molar-refractivity contribution >= 4 is 39.0 Å². The average Bonchev–Trinajstić information content (AvgIpc) is 2.79. The quantitative estimate of drug-likeness (QED) is 0.372. The molecule has 0 aromatic heterocycles. The number of halogens is 4. The standard InChI is InChI=1S/C27H25ClF3NO3S/c1-16(26-22(28)8-5-9-23(26)29)12-18-10-11-19-14-25(33)17(2)32(24(19)13-18)36(34,35)21-7-4-6-20(15-21)27(3,30)31/h4-13,15,17,25,33H,14H2,1-3H3/b16-12+/t17-,25+/m1/s1. The highest BCUT2D eigenvalue weighted by Gasteiger charge is 2.39. The van der Waals surface area contributed by atoms with Gasteiger partial charge in [0.05, 0.1) is 27.8 Å². The summed E-state index contributed by atoms with van der Waals surface area (Å²) in [4.78, 5) is -0.302. The fourth-order valence-corrected chi connectivity index (χ4v) is 6.48. The number of hydrogen-bond donors (Lipinski definition) is 1. The summed E-state index contributed by atoms with van der Waals surface area (Å²) in [5.74, 6) is -3.71. The molecule has 0 fully saturated rings. The predicted octanol–water partition coefficient (Wildman–Crippen LogP) is 6.65. The molecule has 1 N–H and O–H groups in total. The second-order valence-corrected chi connectivity index (χ2v) is 11.3. The summed E-state index contributed by atoms with van der Waals surface area (Å²) in [5, 5.41) is 10.9. The number of nitrogens with zero attached hydrogens (tertiary/aromatic N) is 1. The van der Waals surface area contributed by atoms with Gasteiger partial charge in [-0.2, -0.15) is 0 Å². The Morgan fingerprint density at radius 3 is 2.50 bits per heavy atom. The molecule has 1 aliphatic rings. The lowest BCUT2D eigenvalue weighted by molar-refractivity contribution is 0.0172. The van der Waals surface area contributed by atoms with Gasteiger partial charge in [0.15, 0.2) is 0 Å². The zero-order valence-corrected chi connectivity index (χ0v) is 21.4. The number of hydrogen-bond acceptors (Lipinski definition) is 3. The first-order chi connectivity index (χ1) is 16.8. The van der Waals surface area contributed by atoms with Gasteiger partial charge in [0, 0.05) is 24.5 Å². The zero-order chi connectivity index (χ0) is 26.4. The summed E-state index contributed by atoms with van der Waals surface area (Å²) in [7, 11) is -4.31. The van der Waals surface area contributed by atoms with E-state index in [0.717, 1.165) is 10.4 Å². The number of benzene rings is 3. The first-order valence-corrected chi connectivity index (χ1v) is 13.1. The van der Waals surface area contributed by atoms with Crippen LogP contribution in [0.25, 0.3) is 11.6 Å². The van der Waals surface area contributed by atoms with E-state index in [2.05, 4.69) is 0 Å². The molecule has 1 heterocycles. The Hall–Kier alpha value is -2.81. The summed E-state index contributed by atoms with van der Waals surface area (Å²) in [6.45, 7) is 3.96. The van der Waals surface area contributed by atoms with Crippen LogP contribution in [0.3, 0.4) is 0 Å². The maximum Gasteiger partial charge on any atom is 0.270 e. The molecule has 0 saturated heterocycles. The number of anilines is 1. The first kappa shape index (κ1) is 26.3. The van der Waals surface area contributed by atoms with E-state index in [1.165, 1.54) is 30.3 Å². The third-order valence-electron chi connectivity index (χ3n) is 6.34. The van der Waals surface area contributed by atoms with Crippen LogP contribution < -0.4 is 4.31 Å². The molecule has 0 spiro atoms. The Morgan fingerprint density at radius 1 is 1.14 bits per heavy atom. The summed E-state index contributed by atoms with van der Waals surface area (Å²) in [6, 6.07) is 13.3. The van der Waals surface area contributed by atoms with Crippen LogP contribution in [0, 0.1) is 5.82 Å². The monoisotopic (exact) mass is 535 g/mol. The van der Waals surface area contributed by atoms with Crippen LogP contribution in [0.15, 0.2) is 65.6 Å². The topological polar surface area (TPSA) is 57.6 Å². The summed E-state index contributed by atoms with van der Waals surface area (Å²) in [6.07, 6.45) is 0.907. The van der Waals surface area contributed by atoms with E-state index in [1.807, 2.05) is 0 Å². The largest absolute Gasteiger partial charge is 0.391 e. The molecule has 36 heavy (non-hydrogen) atoms. The van der Waals surface area contributed by atoms with Crippen molar-refractivity contribution in [1.82, 2.24) is 0 Å². The molecule has 4 rings (SSSR count). The van der Waals surface area contributed by atoms with E-state index in [-0.39, 0.29) is 21.9 Å². The average molecular weight is 536 g/mol. The number of rotatable bonds is 5. The zero-order valence-electron chi connectivity index (χ0n) is 19.8. The van der Waals surface area contributed by atoms with Crippen molar-refractivity contribution in [3.8, 4) is 0 Å². The van der Waals surface area contributed by atoms with Crippen LogP contribution in [-0.4, -0.2) is 25.7 Å². The van der Waals surface area contributed by atoms with Crippen LogP contribution in [0.2, 0.25) is 5.02 Å². The van der Waals surface area contributed by atoms with Crippen LogP contribution in [0.5, 0.6) is 0 Å². The van der Waals surface area contributed by atoms with Gasteiger partial charge in [-0.05, 0) is 60.9 Å². The highest BCUT2D eigenvalue weighted by atomic mass is 35.5. The normalized spacial score (nSPS) is 18.8. The maximum absolute atomic E-state index is 14.4. The molecular weight excluding hydrogens is 511 g/mol. The highest BCUT2D eigenvalue weighted by Crippen LogP contribution is 2.38. The molecule has 0 radical (unpaired) electrons. The molecule has 0 amide bonds. The Morgan fingerprint density at radius 2 is 1.83 bits per heavy atom. The third-order valence-corrected chi connectivity index (χ3v) is 8.55. The number of aliphatic hydroxyl groups is 1. The summed E-state index contributed by atoms with van der Waals surface area (Å²) in [5.41, 5.74) is 1.84. The number of sulfonamides is 1. The summed E-state index contributed by atoms with van der Waals surface area (Å²) < 4.78 is 70.8. The van der Waals surface area contributed by atoms with Crippen LogP contribution in [-0.2, 0) is 22.4 Å². The highest BCUT2D eigenvalue weighted by molar-refractivity contribution is 7.92. The second-order valence-electron chi connectivity index (χ2n) is 9.04. The fraction of sp³-hybridized carbons (Fsp3) is 0.259. The first-order valence-electron chi connectivity index (χ1n) is 11.3. The minimum absolute atomic E-state index is 0.220. The third kappa shape index (κ3) is 4.90. The van der Waals surface area contributed by atoms with E-state index >= 15 is 0 Å². The molecule has 4 nitrogen and oxygen atoms in total. The van der Waals surface area contributed by atoms with Crippen molar-refractivity contribution in [2.75, 3.05) is 4.31 Å². The Balaban J connectivity index is 1.83. The smallest absolute Gasteiger partial charge is 0.270 e. The summed E-state index contributed by atoms with van der Waals surface area (Å²) >= 11 is 6.19. The van der Waals surface area contributed by atoms with E-state index in [0.29, 0.717) is 29.3 Å². The lowest BCUT2D eigenvalue weighted by atomic mass is 9.94. The van der Waals surface area contributed by atoms with E-state index in [9.17, 15) is 26.7 Å². The van der Waals surface area contributed by atoms with Gasteiger partial charge in [-0.1, -0.05) is 48.0 Å². The maximum atomic E-state index is 14.4. The van der Waals surface area contributed by atoms with Crippen molar-refractivity contribution in [3.05, 3.63) is 93.8 Å². The number of aliphatic hydroxyl groups excluding tert-OH is 1. The molecule has 2 atom stereocenters. The molecule has 3 aromatic carbocycles. The molecule has 0 aliphatic carbocycles. The second kappa shape index (κ2) is 9.57. The predicted molar refractivity (Wildman–Crippen MR) is 136 cm³/mol. The number of fused-ring (bicyclic) bond motifs is 1. The van der Waals surface area contributed by atoms with Gasteiger partial charge in [0.1, 0.15) is 5.82 Å². The Kier molecular flexibility index (Phi) is 6.98. The minimum Gasteiger partial charge on any atom is -0.391 e. The van der Waals surface area contributed by atoms with Crippen LogP contribution in [0.4, 0.5) is 18.9 Å².